The fourth-order valence-corrected chi connectivity index (χ4v) is 5.75. The van der Waals surface area contributed by atoms with Gasteiger partial charge in [0.25, 0.3) is 5.91 Å². The van der Waals surface area contributed by atoms with E-state index >= 15 is 0 Å². The van der Waals surface area contributed by atoms with Crippen molar-refractivity contribution in [1.29, 1.82) is 0 Å². The molecular formula is C29H24FN3O6S. The van der Waals surface area contributed by atoms with Crippen molar-refractivity contribution in [2.45, 2.75) is 4.90 Å². The number of hydrogen-bond donors (Lipinski definition) is 1. The maximum Gasteiger partial charge on any atom is 0.335 e. The molecule has 1 amide bonds. The van der Waals surface area contributed by atoms with Crippen molar-refractivity contribution < 1.29 is 32.2 Å². The van der Waals surface area contributed by atoms with Crippen LogP contribution in [-0.2, 0) is 10.0 Å². The van der Waals surface area contributed by atoms with E-state index in [0.717, 1.165) is 11.6 Å². The lowest BCUT2D eigenvalue weighted by atomic mass is 10.1. The van der Waals surface area contributed by atoms with Gasteiger partial charge in [-0.3, -0.25) is 4.79 Å². The summed E-state index contributed by atoms with van der Waals surface area (Å²) in [5, 5.41) is 9.18. The van der Waals surface area contributed by atoms with Gasteiger partial charge >= 0.3 is 5.97 Å². The van der Waals surface area contributed by atoms with Crippen LogP contribution in [0.15, 0.2) is 95.9 Å². The minimum absolute atomic E-state index is 0.0700. The second kappa shape index (κ2) is 11.2. The molecule has 0 radical (unpaired) electrons. The highest BCUT2D eigenvalue weighted by Gasteiger charge is 2.31. The first-order valence-electron chi connectivity index (χ1n) is 12.3. The van der Waals surface area contributed by atoms with Crippen LogP contribution in [0.3, 0.4) is 0 Å². The third-order valence-electron chi connectivity index (χ3n) is 6.41. The maximum atomic E-state index is 13.2. The number of carbonyl (C=O) groups excluding carboxylic acids is 1. The van der Waals surface area contributed by atoms with Gasteiger partial charge in [0.15, 0.2) is 0 Å². The molecule has 40 heavy (non-hydrogen) atoms. The van der Waals surface area contributed by atoms with E-state index in [4.69, 9.17) is 4.74 Å². The summed E-state index contributed by atoms with van der Waals surface area (Å²) in [6.07, 6.45) is 0. The average molecular weight is 562 g/mol. The highest BCUT2D eigenvalue weighted by Crippen LogP contribution is 2.26. The lowest BCUT2D eigenvalue weighted by molar-refractivity contribution is 0.0684. The summed E-state index contributed by atoms with van der Waals surface area (Å²) in [5.74, 6) is -0.815. The molecule has 0 atom stereocenters. The summed E-state index contributed by atoms with van der Waals surface area (Å²) in [7, 11) is -3.91. The van der Waals surface area contributed by atoms with Gasteiger partial charge in [-0.1, -0.05) is 12.1 Å². The number of benzene rings is 3. The number of pyridine rings is 1. The number of nitrogens with zero attached hydrogens (tertiary/aromatic N) is 3. The zero-order valence-electron chi connectivity index (χ0n) is 21.1. The Balaban J connectivity index is 1.24. The van der Waals surface area contributed by atoms with Crippen LogP contribution in [0, 0.1) is 5.82 Å². The minimum atomic E-state index is -3.91. The van der Waals surface area contributed by atoms with E-state index in [9.17, 15) is 27.5 Å². The van der Waals surface area contributed by atoms with E-state index in [1.807, 2.05) is 0 Å². The van der Waals surface area contributed by atoms with Gasteiger partial charge in [-0.05, 0) is 78.9 Å². The van der Waals surface area contributed by atoms with Gasteiger partial charge in [-0.15, -0.1) is 0 Å². The predicted octanol–water partition coefficient (Wildman–Crippen LogP) is 4.52. The molecule has 0 unspecified atom stereocenters. The lowest BCUT2D eigenvalue weighted by Gasteiger charge is -2.33. The molecule has 1 aliphatic heterocycles. The fraction of sp³-hybridized carbons (Fsp3) is 0.138. The number of aromatic nitrogens is 1. The van der Waals surface area contributed by atoms with E-state index < -0.39 is 16.0 Å². The first-order valence-corrected chi connectivity index (χ1v) is 13.8. The number of carboxylic acids is 1. The molecule has 1 saturated heterocycles. The molecule has 5 rings (SSSR count). The number of carbonyl (C=O) groups is 2. The van der Waals surface area contributed by atoms with Gasteiger partial charge in [0.2, 0.25) is 10.0 Å². The second-order valence-corrected chi connectivity index (χ2v) is 11.0. The van der Waals surface area contributed by atoms with Crippen molar-refractivity contribution in [3.05, 3.63) is 108 Å². The maximum absolute atomic E-state index is 13.2. The topological polar surface area (TPSA) is 117 Å². The van der Waals surface area contributed by atoms with E-state index in [-0.39, 0.29) is 54.1 Å². The Morgan fingerprint density at radius 2 is 1.45 bits per heavy atom. The highest BCUT2D eigenvalue weighted by atomic mass is 32.2. The Morgan fingerprint density at radius 1 is 0.825 bits per heavy atom. The molecule has 0 saturated carbocycles. The zero-order valence-corrected chi connectivity index (χ0v) is 21.9. The van der Waals surface area contributed by atoms with Gasteiger partial charge in [0.1, 0.15) is 23.0 Å². The van der Waals surface area contributed by atoms with Crippen molar-refractivity contribution in [1.82, 2.24) is 14.2 Å². The van der Waals surface area contributed by atoms with Gasteiger partial charge < -0.3 is 14.7 Å². The molecule has 1 N–H and O–H groups in total. The molecule has 9 nitrogen and oxygen atoms in total. The molecule has 1 aliphatic rings. The fourth-order valence-electron chi connectivity index (χ4n) is 4.28. The second-order valence-electron chi connectivity index (χ2n) is 9.02. The molecule has 11 heteroatoms. The molecule has 0 bridgehead atoms. The van der Waals surface area contributed by atoms with E-state index in [0.29, 0.717) is 17.2 Å². The standard InChI is InChI=1S/C29H24FN3O6S/c30-22-9-13-24(14-10-22)39-23-11-7-20(8-12-23)26-5-2-6-27(31-26)28(34)32-15-17-33(18-16-32)40(37,38)25-4-1-3-21(19-25)29(35)36/h1-14,19H,15-18H2,(H,35,36). The number of ether oxygens (including phenoxy) is 1. The Hall–Kier alpha value is -4.61. The Morgan fingerprint density at radius 3 is 2.10 bits per heavy atom. The molecule has 3 aromatic carbocycles. The highest BCUT2D eigenvalue weighted by molar-refractivity contribution is 7.89. The molecular weight excluding hydrogens is 537 g/mol. The van der Waals surface area contributed by atoms with Gasteiger partial charge in [-0.25, -0.2) is 22.6 Å². The smallest absolute Gasteiger partial charge is 0.335 e. The molecule has 0 aliphatic carbocycles. The van der Waals surface area contributed by atoms with Crippen molar-refractivity contribution in [3.8, 4) is 22.8 Å². The normalized spacial score (nSPS) is 14.1. The molecule has 0 spiro atoms. The number of carboxylic acid groups (broad SMARTS) is 1. The van der Waals surface area contributed by atoms with Gasteiger partial charge in [-0.2, -0.15) is 4.31 Å². The number of halogens is 1. The zero-order chi connectivity index (χ0) is 28.3. The molecule has 1 fully saturated rings. The SMILES string of the molecule is O=C(O)c1cccc(S(=O)(=O)N2CCN(C(=O)c3cccc(-c4ccc(Oc5ccc(F)cc5)cc4)n3)CC2)c1. The quantitative estimate of drug-likeness (QED) is 0.353. The van der Waals surface area contributed by atoms with Crippen molar-refractivity contribution >= 4 is 21.9 Å². The Bertz CT molecular complexity index is 1650. The average Bonchev–Trinajstić information content (AvgIpc) is 2.98. The monoisotopic (exact) mass is 561 g/mol. The van der Waals surface area contributed by atoms with Crippen LogP contribution in [-0.4, -0.2) is 65.8 Å². The van der Waals surface area contributed by atoms with Crippen LogP contribution in [0.1, 0.15) is 20.8 Å². The lowest BCUT2D eigenvalue weighted by Crippen LogP contribution is -2.50. The van der Waals surface area contributed by atoms with Crippen molar-refractivity contribution in [2.24, 2.45) is 0 Å². The predicted molar refractivity (Wildman–Crippen MR) is 144 cm³/mol. The number of rotatable bonds is 7. The summed E-state index contributed by atoms with van der Waals surface area (Å²) < 4.78 is 46.2. The third kappa shape index (κ3) is 5.85. The van der Waals surface area contributed by atoms with Crippen molar-refractivity contribution in [3.63, 3.8) is 0 Å². The molecule has 4 aromatic rings. The molecule has 204 valence electrons. The number of aromatic carboxylic acids is 1. The van der Waals surface area contributed by atoms with E-state index in [1.54, 1.807) is 47.4 Å². The van der Waals surface area contributed by atoms with Crippen LogP contribution in [0.5, 0.6) is 11.5 Å². The van der Waals surface area contributed by atoms with Gasteiger partial charge in [0.05, 0.1) is 16.2 Å². The molecule has 1 aromatic heterocycles. The van der Waals surface area contributed by atoms with E-state index in [1.165, 1.54) is 46.8 Å². The summed E-state index contributed by atoms with van der Waals surface area (Å²) in [5.41, 5.74) is 1.46. The van der Waals surface area contributed by atoms with Crippen LogP contribution in [0.4, 0.5) is 4.39 Å². The van der Waals surface area contributed by atoms with Crippen LogP contribution in [0.25, 0.3) is 11.3 Å². The van der Waals surface area contributed by atoms with E-state index in [2.05, 4.69) is 4.98 Å². The first-order chi connectivity index (χ1) is 19.2. The third-order valence-corrected chi connectivity index (χ3v) is 8.31. The Labute approximate surface area is 230 Å². The summed E-state index contributed by atoms with van der Waals surface area (Å²) in [6, 6.07) is 23.1. The summed E-state index contributed by atoms with van der Waals surface area (Å²) >= 11 is 0. The minimum Gasteiger partial charge on any atom is -0.478 e. The largest absolute Gasteiger partial charge is 0.478 e. The van der Waals surface area contributed by atoms with Crippen LogP contribution in [0.2, 0.25) is 0 Å². The number of amides is 1. The first kappa shape index (κ1) is 27.0. The molecule has 2 heterocycles. The van der Waals surface area contributed by atoms with Crippen LogP contribution >= 0.6 is 0 Å². The van der Waals surface area contributed by atoms with Crippen LogP contribution < -0.4 is 4.74 Å². The van der Waals surface area contributed by atoms with Crippen molar-refractivity contribution in [2.75, 3.05) is 26.2 Å². The Kier molecular flexibility index (Phi) is 7.58. The number of piperazine rings is 1. The van der Waals surface area contributed by atoms with Gasteiger partial charge in [0, 0.05) is 31.7 Å². The number of hydrogen-bond acceptors (Lipinski definition) is 6. The summed E-state index contributed by atoms with van der Waals surface area (Å²) in [4.78, 5) is 30.4. The summed E-state index contributed by atoms with van der Waals surface area (Å²) in [6.45, 7) is 0.469. The number of sulfonamides is 1.